The van der Waals surface area contributed by atoms with Crippen LogP contribution in [0.25, 0.3) is 0 Å². The molecule has 168 valence electrons. The second-order valence-electron chi connectivity index (χ2n) is 8.78. The van der Waals surface area contributed by atoms with Gasteiger partial charge in [0, 0.05) is 12.6 Å². The van der Waals surface area contributed by atoms with E-state index in [0.717, 1.165) is 6.42 Å². The molecule has 1 heterocycles. The molecule has 0 saturated heterocycles. The van der Waals surface area contributed by atoms with E-state index >= 15 is 0 Å². The molecule has 3 rings (SSSR count). The molecular formula is C23H30N2O5S. The van der Waals surface area contributed by atoms with E-state index in [4.69, 9.17) is 9.47 Å². The zero-order chi connectivity index (χ0) is 22.8. The molecule has 2 aromatic carbocycles. The van der Waals surface area contributed by atoms with Crippen molar-refractivity contribution in [1.82, 2.24) is 0 Å². The highest BCUT2D eigenvalue weighted by Crippen LogP contribution is 2.39. The number of sulfonamides is 1. The van der Waals surface area contributed by atoms with Crippen LogP contribution in [0, 0.1) is 11.3 Å². The van der Waals surface area contributed by atoms with E-state index < -0.39 is 15.4 Å². The standard InChI is InChI=1S/C23H30N2O5S/c1-16(2)12-13-25-20-11-6-17(14-21(20)30-15-23(3,4)22(25)26)24-31(27,28)19-9-7-18(29-5)8-10-19/h6-11,14,16,24H,12-13,15H2,1-5H3. The summed E-state index contributed by atoms with van der Waals surface area (Å²) in [5, 5.41) is 0. The van der Waals surface area contributed by atoms with Gasteiger partial charge in [-0.2, -0.15) is 0 Å². The van der Waals surface area contributed by atoms with E-state index in [1.807, 2.05) is 13.8 Å². The van der Waals surface area contributed by atoms with Gasteiger partial charge >= 0.3 is 0 Å². The van der Waals surface area contributed by atoms with Crippen LogP contribution in [0.15, 0.2) is 47.4 Å². The Morgan fingerprint density at radius 2 is 1.84 bits per heavy atom. The maximum atomic E-state index is 13.1. The first-order valence-corrected chi connectivity index (χ1v) is 11.8. The molecule has 31 heavy (non-hydrogen) atoms. The summed E-state index contributed by atoms with van der Waals surface area (Å²) in [7, 11) is -2.26. The number of nitrogens with zero attached hydrogens (tertiary/aromatic N) is 1. The molecule has 0 bridgehead atoms. The van der Waals surface area contributed by atoms with Crippen LogP contribution in [0.5, 0.6) is 11.5 Å². The van der Waals surface area contributed by atoms with Crippen molar-refractivity contribution in [2.75, 3.05) is 29.9 Å². The van der Waals surface area contributed by atoms with Gasteiger partial charge in [-0.1, -0.05) is 13.8 Å². The van der Waals surface area contributed by atoms with E-state index in [1.165, 1.54) is 19.2 Å². The van der Waals surface area contributed by atoms with Crippen LogP contribution in [-0.2, 0) is 14.8 Å². The van der Waals surface area contributed by atoms with Crippen molar-refractivity contribution in [1.29, 1.82) is 0 Å². The van der Waals surface area contributed by atoms with Crippen molar-refractivity contribution >= 4 is 27.3 Å². The van der Waals surface area contributed by atoms with Gasteiger partial charge in [-0.25, -0.2) is 8.42 Å². The fraction of sp³-hybridized carbons (Fsp3) is 0.435. The first-order chi connectivity index (χ1) is 14.5. The average Bonchev–Trinajstić information content (AvgIpc) is 2.81. The summed E-state index contributed by atoms with van der Waals surface area (Å²) in [4.78, 5) is 15.0. The first kappa shape index (κ1) is 22.9. The third-order valence-electron chi connectivity index (χ3n) is 5.22. The highest BCUT2D eigenvalue weighted by atomic mass is 32.2. The molecule has 0 aromatic heterocycles. The number of ether oxygens (including phenoxy) is 2. The van der Waals surface area contributed by atoms with Crippen molar-refractivity contribution in [3.8, 4) is 11.5 Å². The van der Waals surface area contributed by atoms with Gasteiger partial charge in [0.15, 0.2) is 0 Å². The average molecular weight is 447 g/mol. The Morgan fingerprint density at radius 1 is 1.16 bits per heavy atom. The summed E-state index contributed by atoms with van der Waals surface area (Å²) in [6.45, 7) is 8.73. The molecule has 0 fully saturated rings. The van der Waals surface area contributed by atoms with E-state index in [1.54, 1.807) is 35.2 Å². The molecule has 7 nitrogen and oxygen atoms in total. The zero-order valence-corrected chi connectivity index (χ0v) is 19.5. The second kappa shape index (κ2) is 8.78. The number of rotatable bonds is 7. The number of carbonyl (C=O) groups is 1. The molecule has 0 aliphatic carbocycles. The highest BCUT2D eigenvalue weighted by molar-refractivity contribution is 7.92. The number of benzene rings is 2. The molecule has 0 saturated carbocycles. The summed E-state index contributed by atoms with van der Waals surface area (Å²) in [6, 6.07) is 11.2. The third-order valence-corrected chi connectivity index (χ3v) is 6.61. The summed E-state index contributed by atoms with van der Waals surface area (Å²) in [5.41, 5.74) is 0.341. The maximum absolute atomic E-state index is 13.1. The molecule has 1 aliphatic rings. The van der Waals surface area contributed by atoms with Crippen molar-refractivity contribution in [2.24, 2.45) is 11.3 Å². The third kappa shape index (κ3) is 5.12. The van der Waals surface area contributed by atoms with Crippen LogP contribution >= 0.6 is 0 Å². The van der Waals surface area contributed by atoms with Gasteiger partial charge in [0.2, 0.25) is 5.91 Å². The van der Waals surface area contributed by atoms with Crippen molar-refractivity contribution < 1.29 is 22.7 Å². The van der Waals surface area contributed by atoms with E-state index in [-0.39, 0.29) is 17.4 Å². The van der Waals surface area contributed by atoms with Crippen LogP contribution in [0.1, 0.15) is 34.1 Å². The Hall–Kier alpha value is -2.74. The van der Waals surface area contributed by atoms with Crippen LogP contribution in [-0.4, -0.2) is 34.6 Å². The number of methoxy groups -OCH3 is 1. The molecule has 2 aromatic rings. The van der Waals surface area contributed by atoms with Crippen LogP contribution in [0.3, 0.4) is 0 Å². The number of fused-ring (bicyclic) bond motifs is 1. The van der Waals surface area contributed by atoms with E-state index in [9.17, 15) is 13.2 Å². The smallest absolute Gasteiger partial charge is 0.261 e. The van der Waals surface area contributed by atoms with Gasteiger partial charge in [-0.15, -0.1) is 0 Å². The van der Waals surface area contributed by atoms with Crippen LogP contribution in [0.2, 0.25) is 0 Å². The number of amides is 1. The van der Waals surface area contributed by atoms with Crippen molar-refractivity contribution in [3.05, 3.63) is 42.5 Å². The summed E-state index contributed by atoms with van der Waals surface area (Å²) >= 11 is 0. The summed E-state index contributed by atoms with van der Waals surface area (Å²) in [6.07, 6.45) is 0.854. The number of hydrogen-bond donors (Lipinski definition) is 1. The summed E-state index contributed by atoms with van der Waals surface area (Å²) < 4.78 is 39.2. The SMILES string of the molecule is COc1ccc(S(=O)(=O)Nc2ccc3c(c2)OCC(C)(C)C(=O)N3CCC(C)C)cc1. The minimum atomic E-state index is -3.78. The lowest BCUT2D eigenvalue weighted by atomic mass is 9.92. The molecule has 0 spiro atoms. The lowest BCUT2D eigenvalue weighted by molar-refractivity contribution is -0.127. The molecule has 8 heteroatoms. The number of hydrogen-bond acceptors (Lipinski definition) is 5. The number of anilines is 2. The Kier molecular flexibility index (Phi) is 6.50. The van der Waals surface area contributed by atoms with Gasteiger partial charge < -0.3 is 14.4 Å². The molecular weight excluding hydrogens is 416 g/mol. The fourth-order valence-corrected chi connectivity index (χ4v) is 4.34. The number of carbonyl (C=O) groups excluding carboxylic acids is 1. The Bertz CT molecular complexity index is 1050. The molecule has 0 radical (unpaired) electrons. The highest BCUT2D eigenvalue weighted by Gasteiger charge is 2.37. The molecule has 1 aliphatic heterocycles. The van der Waals surface area contributed by atoms with Gasteiger partial charge in [0.1, 0.15) is 18.1 Å². The molecule has 0 unspecified atom stereocenters. The van der Waals surface area contributed by atoms with Gasteiger partial charge in [0.05, 0.1) is 28.8 Å². The zero-order valence-electron chi connectivity index (χ0n) is 18.6. The lowest BCUT2D eigenvalue weighted by Crippen LogP contribution is -2.42. The van der Waals surface area contributed by atoms with Gasteiger partial charge in [-0.3, -0.25) is 9.52 Å². The quantitative estimate of drug-likeness (QED) is 0.686. The van der Waals surface area contributed by atoms with Crippen molar-refractivity contribution in [2.45, 2.75) is 39.0 Å². The first-order valence-electron chi connectivity index (χ1n) is 10.3. The predicted octanol–water partition coefficient (Wildman–Crippen LogP) is 4.29. The maximum Gasteiger partial charge on any atom is 0.261 e. The van der Waals surface area contributed by atoms with Crippen LogP contribution < -0.4 is 19.1 Å². The Morgan fingerprint density at radius 3 is 2.45 bits per heavy atom. The Balaban J connectivity index is 1.91. The van der Waals surface area contributed by atoms with Gasteiger partial charge in [-0.05, 0) is 62.6 Å². The van der Waals surface area contributed by atoms with E-state index in [0.29, 0.717) is 35.3 Å². The summed E-state index contributed by atoms with van der Waals surface area (Å²) in [5.74, 6) is 1.50. The molecule has 1 amide bonds. The monoisotopic (exact) mass is 446 g/mol. The minimum absolute atomic E-state index is 0.00142. The lowest BCUT2D eigenvalue weighted by Gasteiger charge is -2.28. The second-order valence-corrected chi connectivity index (χ2v) is 10.5. The normalized spacial score (nSPS) is 15.8. The largest absolute Gasteiger partial charge is 0.497 e. The van der Waals surface area contributed by atoms with Crippen molar-refractivity contribution in [3.63, 3.8) is 0 Å². The topological polar surface area (TPSA) is 84.9 Å². The Labute approximate surface area is 184 Å². The predicted molar refractivity (Wildman–Crippen MR) is 121 cm³/mol. The minimum Gasteiger partial charge on any atom is -0.497 e. The number of nitrogens with one attached hydrogen (secondary N) is 1. The van der Waals surface area contributed by atoms with E-state index in [2.05, 4.69) is 18.6 Å². The van der Waals surface area contributed by atoms with Crippen LogP contribution in [0.4, 0.5) is 11.4 Å². The fourth-order valence-electron chi connectivity index (χ4n) is 3.29. The molecule has 0 atom stereocenters. The molecule has 1 N–H and O–H groups in total. The van der Waals surface area contributed by atoms with Gasteiger partial charge in [0.25, 0.3) is 10.0 Å².